The first-order chi connectivity index (χ1) is 9.08. The van der Waals surface area contributed by atoms with E-state index >= 15 is 0 Å². The zero-order chi connectivity index (χ0) is 14.3. The molecule has 1 aromatic rings. The fraction of sp³-hybridized carbons (Fsp3) is 0.308. The molecule has 0 amide bonds. The molecule has 19 heavy (non-hydrogen) atoms. The summed E-state index contributed by atoms with van der Waals surface area (Å²) in [6.07, 6.45) is 0. The van der Waals surface area contributed by atoms with Gasteiger partial charge in [-0.1, -0.05) is 19.9 Å². The number of halogens is 1. The molecule has 0 heterocycles. The lowest BCUT2D eigenvalue weighted by Crippen LogP contribution is -2.07. The Hall–Kier alpha value is -2.60. The summed E-state index contributed by atoms with van der Waals surface area (Å²) >= 11 is 0. The smallest absolute Gasteiger partial charge is 0.237 e. The lowest BCUT2D eigenvalue weighted by molar-refractivity contribution is 0.271. The van der Waals surface area contributed by atoms with Crippen molar-refractivity contribution >= 4 is 11.4 Å². The van der Waals surface area contributed by atoms with Gasteiger partial charge < -0.3 is 4.74 Å². The van der Waals surface area contributed by atoms with Gasteiger partial charge in [-0.3, -0.25) is 5.43 Å². The lowest BCUT2D eigenvalue weighted by atomic mass is 10.2. The summed E-state index contributed by atoms with van der Waals surface area (Å²) in [5.41, 5.74) is 1.97. The lowest BCUT2D eigenvalue weighted by Gasteiger charge is -2.13. The van der Waals surface area contributed by atoms with Crippen LogP contribution in [0.15, 0.2) is 23.3 Å². The third-order valence-electron chi connectivity index (χ3n) is 2.04. The van der Waals surface area contributed by atoms with Crippen molar-refractivity contribution < 1.29 is 9.13 Å². The van der Waals surface area contributed by atoms with Gasteiger partial charge >= 0.3 is 0 Å². The largest absolute Gasteiger partial charge is 0.491 e. The second kappa shape index (κ2) is 6.97. The highest BCUT2D eigenvalue weighted by atomic mass is 19.1. The van der Waals surface area contributed by atoms with Gasteiger partial charge in [0.25, 0.3) is 0 Å². The van der Waals surface area contributed by atoms with Crippen LogP contribution in [-0.2, 0) is 0 Å². The Labute approximate surface area is 110 Å². The summed E-state index contributed by atoms with van der Waals surface area (Å²) in [6, 6.07) is 7.48. The Morgan fingerprint density at radius 3 is 2.68 bits per heavy atom. The molecule has 0 saturated heterocycles. The first-order valence-electron chi connectivity index (χ1n) is 5.63. The second-order valence-corrected chi connectivity index (χ2v) is 4.11. The van der Waals surface area contributed by atoms with Crippen LogP contribution >= 0.6 is 0 Å². The van der Waals surface area contributed by atoms with Crippen LogP contribution in [-0.4, -0.2) is 12.3 Å². The van der Waals surface area contributed by atoms with Gasteiger partial charge in [0.05, 0.1) is 6.61 Å². The predicted molar refractivity (Wildman–Crippen MR) is 69.0 cm³/mol. The average molecular weight is 260 g/mol. The van der Waals surface area contributed by atoms with E-state index in [-0.39, 0.29) is 17.4 Å². The second-order valence-electron chi connectivity index (χ2n) is 4.11. The molecule has 0 atom stereocenters. The van der Waals surface area contributed by atoms with Crippen molar-refractivity contribution in [2.24, 2.45) is 11.0 Å². The van der Waals surface area contributed by atoms with Crippen molar-refractivity contribution in [1.29, 1.82) is 10.5 Å². The van der Waals surface area contributed by atoms with E-state index in [9.17, 15) is 4.39 Å². The zero-order valence-electron chi connectivity index (χ0n) is 10.6. The molecule has 1 N–H and O–H groups in total. The normalized spacial score (nSPS) is 9.37. The Balaban J connectivity index is 2.96. The number of nitrogens with zero attached hydrogens (tertiary/aromatic N) is 3. The number of hydrogen-bond donors (Lipinski definition) is 1. The summed E-state index contributed by atoms with van der Waals surface area (Å²) < 4.78 is 19.1. The highest BCUT2D eigenvalue weighted by molar-refractivity contribution is 6.10. The van der Waals surface area contributed by atoms with Crippen LogP contribution in [0.5, 0.6) is 5.75 Å². The molecule has 0 spiro atoms. The van der Waals surface area contributed by atoms with Crippen LogP contribution in [0, 0.1) is 34.4 Å². The molecular formula is C13H13FN4O. The van der Waals surface area contributed by atoms with Gasteiger partial charge in [-0.25, -0.2) is 4.39 Å². The number of para-hydroxylation sites is 1. The maximum atomic E-state index is 13.7. The van der Waals surface area contributed by atoms with Crippen molar-refractivity contribution in [2.45, 2.75) is 13.8 Å². The Morgan fingerprint density at radius 2 is 2.11 bits per heavy atom. The monoisotopic (exact) mass is 260 g/mol. The number of benzene rings is 1. The predicted octanol–water partition coefficient (Wildman–Crippen LogP) is 2.68. The Morgan fingerprint density at radius 1 is 1.42 bits per heavy atom. The van der Waals surface area contributed by atoms with Crippen LogP contribution in [0.1, 0.15) is 13.8 Å². The van der Waals surface area contributed by atoms with Crippen LogP contribution in [0.25, 0.3) is 0 Å². The molecule has 0 aliphatic carbocycles. The molecule has 0 radical (unpaired) electrons. The quantitative estimate of drug-likeness (QED) is 0.651. The minimum absolute atomic E-state index is 0.00569. The van der Waals surface area contributed by atoms with Gasteiger partial charge in [0.2, 0.25) is 5.71 Å². The number of nitriles is 2. The maximum Gasteiger partial charge on any atom is 0.237 e. The first kappa shape index (κ1) is 14.5. The molecule has 1 rings (SSSR count). The summed E-state index contributed by atoms with van der Waals surface area (Å²) in [6.45, 7) is 4.35. The van der Waals surface area contributed by atoms with E-state index in [1.54, 1.807) is 18.2 Å². The molecule has 0 unspecified atom stereocenters. The number of anilines is 1. The van der Waals surface area contributed by atoms with E-state index in [2.05, 4.69) is 10.5 Å². The Bertz CT molecular complexity index is 539. The molecule has 98 valence electrons. The highest BCUT2D eigenvalue weighted by Crippen LogP contribution is 2.27. The van der Waals surface area contributed by atoms with Gasteiger partial charge in [0.15, 0.2) is 5.82 Å². The number of hydrogen-bond acceptors (Lipinski definition) is 5. The molecule has 0 aliphatic rings. The van der Waals surface area contributed by atoms with Crippen molar-refractivity contribution in [1.82, 2.24) is 0 Å². The summed E-state index contributed by atoms with van der Waals surface area (Å²) in [7, 11) is 0. The van der Waals surface area contributed by atoms with E-state index in [0.29, 0.717) is 6.61 Å². The van der Waals surface area contributed by atoms with Crippen LogP contribution in [0.4, 0.5) is 10.1 Å². The van der Waals surface area contributed by atoms with Crippen molar-refractivity contribution in [3.05, 3.63) is 24.0 Å². The Kier molecular flexibility index (Phi) is 5.31. The third kappa shape index (κ3) is 4.29. The summed E-state index contributed by atoms with van der Waals surface area (Å²) in [5, 5.41) is 20.6. The standard InChI is InChI=1S/C13H13FN4O/c1-9(2)8-19-12-5-3-4-11(14)13(12)18-17-10(6-15)7-16/h3-5,9,18H,8H2,1-2H3. The number of ether oxygens (including phenoxy) is 1. The van der Waals surface area contributed by atoms with Crippen LogP contribution in [0.3, 0.4) is 0 Å². The SMILES string of the molecule is CC(C)COc1cccc(F)c1NN=C(C#N)C#N. The van der Waals surface area contributed by atoms with Gasteiger partial charge in [-0.05, 0) is 18.1 Å². The maximum absolute atomic E-state index is 13.7. The van der Waals surface area contributed by atoms with Crippen molar-refractivity contribution in [3.8, 4) is 17.9 Å². The van der Waals surface area contributed by atoms with Gasteiger partial charge in [-0.15, -0.1) is 0 Å². The molecule has 0 saturated carbocycles. The van der Waals surface area contributed by atoms with E-state index in [1.165, 1.54) is 12.1 Å². The van der Waals surface area contributed by atoms with E-state index < -0.39 is 11.5 Å². The summed E-state index contributed by atoms with van der Waals surface area (Å²) in [4.78, 5) is 0. The van der Waals surface area contributed by atoms with Crippen molar-refractivity contribution in [3.63, 3.8) is 0 Å². The molecule has 0 aromatic heterocycles. The van der Waals surface area contributed by atoms with Gasteiger partial charge in [0, 0.05) is 0 Å². The topological polar surface area (TPSA) is 81.2 Å². The molecule has 5 nitrogen and oxygen atoms in total. The number of rotatable bonds is 5. The zero-order valence-corrected chi connectivity index (χ0v) is 10.6. The summed E-state index contributed by atoms with van der Waals surface area (Å²) in [5.74, 6) is 0.00121. The minimum atomic E-state index is -0.569. The molecule has 0 aliphatic heterocycles. The first-order valence-corrected chi connectivity index (χ1v) is 5.63. The third-order valence-corrected chi connectivity index (χ3v) is 2.04. The highest BCUT2D eigenvalue weighted by Gasteiger charge is 2.10. The molecule has 0 fully saturated rings. The van der Waals surface area contributed by atoms with Crippen LogP contribution in [0.2, 0.25) is 0 Å². The van der Waals surface area contributed by atoms with Gasteiger partial charge in [-0.2, -0.15) is 15.6 Å². The van der Waals surface area contributed by atoms with E-state index in [1.807, 2.05) is 13.8 Å². The molecule has 6 heteroatoms. The fourth-order valence-corrected chi connectivity index (χ4v) is 1.18. The minimum Gasteiger partial charge on any atom is -0.491 e. The average Bonchev–Trinajstić information content (AvgIpc) is 2.39. The molecule has 0 bridgehead atoms. The number of hydrazone groups is 1. The molecular weight excluding hydrogens is 247 g/mol. The fourth-order valence-electron chi connectivity index (χ4n) is 1.18. The molecule has 1 aromatic carbocycles. The van der Waals surface area contributed by atoms with Crippen molar-refractivity contribution in [2.75, 3.05) is 12.0 Å². The number of nitrogens with one attached hydrogen (secondary N) is 1. The van der Waals surface area contributed by atoms with E-state index in [0.717, 1.165) is 0 Å². The van der Waals surface area contributed by atoms with Crippen LogP contribution < -0.4 is 10.2 Å². The van der Waals surface area contributed by atoms with Gasteiger partial charge in [0.1, 0.15) is 23.6 Å². The van der Waals surface area contributed by atoms with E-state index in [4.69, 9.17) is 15.3 Å².